The molecule has 4 rings (SSSR count). The number of nitrogens with one attached hydrogen (secondary N) is 1. The van der Waals surface area contributed by atoms with Gasteiger partial charge in [0.05, 0.1) is 28.7 Å². The SMILES string of the molecule is COc1ccccc1NC(=O)C(c1nc2c(Cl)cc(Cl)cc2c(=O)n1CCCCCCCCCCC(=O)O)N1C(=O)OC(C)(C)C1=O. The van der Waals surface area contributed by atoms with Crippen molar-refractivity contribution in [2.45, 2.75) is 89.8 Å². The number of cyclic esters (lactones) is 1. The van der Waals surface area contributed by atoms with E-state index in [9.17, 15) is 24.0 Å². The molecule has 1 aliphatic rings. The molecule has 252 valence electrons. The van der Waals surface area contributed by atoms with Crippen LogP contribution in [-0.4, -0.2) is 56.1 Å². The van der Waals surface area contributed by atoms with Crippen LogP contribution in [0.1, 0.15) is 83.5 Å². The molecule has 0 saturated carbocycles. The number of unbranched alkanes of at least 4 members (excludes halogenated alkanes) is 7. The van der Waals surface area contributed by atoms with Crippen molar-refractivity contribution in [3.8, 4) is 5.75 Å². The van der Waals surface area contributed by atoms with E-state index in [1.807, 2.05) is 0 Å². The van der Waals surface area contributed by atoms with Crippen LogP contribution in [-0.2, 0) is 25.7 Å². The highest BCUT2D eigenvalue weighted by atomic mass is 35.5. The highest BCUT2D eigenvalue weighted by molar-refractivity contribution is 6.38. The van der Waals surface area contributed by atoms with Crippen molar-refractivity contribution in [1.29, 1.82) is 0 Å². The number of carboxylic acid groups (broad SMARTS) is 1. The van der Waals surface area contributed by atoms with Gasteiger partial charge in [-0.1, -0.05) is 73.9 Å². The van der Waals surface area contributed by atoms with E-state index >= 15 is 0 Å². The molecule has 1 unspecified atom stereocenters. The Labute approximate surface area is 281 Å². The second kappa shape index (κ2) is 15.6. The van der Waals surface area contributed by atoms with Crippen LogP contribution >= 0.6 is 23.2 Å². The quantitative estimate of drug-likeness (QED) is 0.155. The Morgan fingerprint density at radius 1 is 1.00 bits per heavy atom. The van der Waals surface area contributed by atoms with Gasteiger partial charge in [0.2, 0.25) is 0 Å². The van der Waals surface area contributed by atoms with Crippen LogP contribution in [0.5, 0.6) is 5.75 Å². The summed E-state index contributed by atoms with van der Waals surface area (Å²) in [6, 6.07) is 7.75. The van der Waals surface area contributed by atoms with Gasteiger partial charge in [0.15, 0.2) is 11.6 Å². The molecule has 2 heterocycles. The molecule has 1 aliphatic heterocycles. The van der Waals surface area contributed by atoms with Crippen molar-refractivity contribution in [3.63, 3.8) is 0 Å². The summed E-state index contributed by atoms with van der Waals surface area (Å²) < 4.78 is 12.0. The van der Waals surface area contributed by atoms with E-state index < -0.39 is 41.1 Å². The van der Waals surface area contributed by atoms with Crippen LogP contribution in [0, 0.1) is 0 Å². The van der Waals surface area contributed by atoms with E-state index in [-0.39, 0.29) is 45.4 Å². The molecule has 0 spiro atoms. The van der Waals surface area contributed by atoms with E-state index in [1.54, 1.807) is 24.3 Å². The fourth-order valence-corrected chi connectivity index (χ4v) is 6.04. The number of halogens is 2. The summed E-state index contributed by atoms with van der Waals surface area (Å²) in [4.78, 5) is 71.0. The summed E-state index contributed by atoms with van der Waals surface area (Å²) >= 11 is 12.7. The van der Waals surface area contributed by atoms with E-state index in [2.05, 4.69) is 10.3 Å². The Bertz CT molecular complexity index is 1720. The molecule has 2 N–H and O–H groups in total. The van der Waals surface area contributed by atoms with Crippen LogP contribution in [0.25, 0.3) is 10.9 Å². The number of imide groups is 1. The van der Waals surface area contributed by atoms with Gasteiger partial charge in [-0.15, -0.1) is 0 Å². The molecule has 2 aromatic carbocycles. The average Bonchev–Trinajstić information content (AvgIpc) is 3.21. The molecular weight excluding hydrogens is 651 g/mol. The van der Waals surface area contributed by atoms with Crippen LogP contribution in [0.3, 0.4) is 0 Å². The van der Waals surface area contributed by atoms with E-state index in [4.69, 9.17) is 37.8 Å². The number of ether oxygens (including phenoxy) is 2. The summed E-state index contributed by atoms with van der Waals surface area (Å²) in [5.74, 6) is -2.24. The lowest BCUT2D eigenvalue weighted by Gasteiger charge is -2.26. The molecule has 1 atom stereocenters. The molecule has 47 heavy (non-hydrogen) atoms. The van der Waals surface area contributed by atoms with Gasteiger partial charge in [-0.25, -0.2) is 14.7 Å². The summed E-state index contributed by atoms with van der Waals surface area (Å²) in [6.45, 7) is 2.95. The highest BCUT2D eigenvalue weighted by Crippen LogP contribution is 2.35. The van der Waals surface area contributed by atoms with Crippen molar-refractivity contribution in [2.24, 2.45) is 0 Å². The summed E-state index contributed by atoms with van der Waals surface area (Å²) in [5.41, 5.74) is -1.78. The van der Waals surface area contributed by atoms with Crippen molar-refractivity contribution in [3.05, 3.63) is 62.6 Å². The van der Waals surface area contributed by atoms with Crippen LogP contribution in [0.15, 0.2) is 41.2 Å². The number of anilines is 1. The fraction of sp³-hybridized carbons (Fsp3) is 0.455. The number of rotatable bonds is 16. The van der Waals surface area contributed by atoms with Gasteiger partial charge in [0.25, 0.3) is 17.4 Å². The number of fused-ring (bicyclic) bond motifs is 1. The Kier molecular flexibility index (Phi) is 11.9. The zero-order valence-corrected chi connectivity index (χ0v) is 28.0. The lowest BCUT2D eigenvalue weighted by molar-refractivity contribution is -0.139. The largest absolute Gasteiger partial charge is 0.495 e. The van der Waals surface area contributed by atoms with Gasteiger partial charge in [0, 0.05) is 18.0 Å². The van der Waals surface area contributed by atoms with Crippen molar-refractivity contribution < 1.29 is 33.8 Å². The number of benzene rings is 2. The van der Waals surface area contributed by atoms with Gasteiger partial charge >= 0.3 is 12.1 Å². The predicted molar refractivity (Wildman–Crippen MR) is 177 cm³/mol. The number of hydrogen-bond acceptors (Lipinski definition) is 8. The van der Waals surface area contributed by atoms with Crippen LogP contribution in [0.2, 0.25) is 10.0 Å². The third-order valence-corrected chi connectivity index (χ3v) is 8.42. The number of aromatic nitrogens is 2. The maximum Gasteiger partial charge on any atom is 0.418 e. The van der Waals surface area contributed by atoms with Crippen molar-refractivity contribution >= 4 is 63.7 Å². The maximum absolute atomic E-state index is 14.2. The van der Waals surface area contributed by atoms with Gasteiger partial charge < -0.3 is 19.9 Å². The van der Waals surface area contributed by atoms with Crippen LogP contribution < -0.4 is 15.6 Å². The topological polar surface area (TPSA) is 157 Å². The lowest BCUT2D eigenvalue weighted by atomic mass is 10.1. The predicted octanol–water partition coefficient (Wildman–Crippen LogP) is 6.74. The first-order valence-electron chi connectivity index (χ1n) is 15.5. The first-order valence-corrected chi connectivity index (χ1v) is 16.2. The minimum absolute atomic E-state index is 0.0564. The lowest BCUT2D eigenvalue weighted by Crippen LogP contribution is -2.46. The number of carbonyl (C=O) groups is 4. The molecule has 0 aliphatic carbocycles. The molecule has 0 radical (unpaired) electrons. The summed E-state index contributed by atoms with van der Waals surface area (Å²) in [7, 11) is 1.43. The molecule has 1 aromatic heterocycles. The minimum Gasteiger partial charge on any atom is -0.495 e. The molecule has 12 nitrogen and oxygen atoms in total. The van der Waals surface area contributed by atoms with Crippen molar-refractivity contribution in [1.82, 2.24) is 14.5 Å². The second-order valence-electron chi connectivity index (χ2n) is 11.8. The monoisotopic (exact) mass is 688 g/mol. The number of carboxylic acids is 1. The standard InChI is InChI=1S/C33H38Cl2N4O8/c1-33(2)31(44)39(32(45)47-33)27(29(42)36-23-14-11-12-15-24(23)46-3)28-37-26-21(18-20(34)19-22(26)35)30(43)38(28)17-13-9-7-5-4-6-8-10-16-25(40)41/h11-12,14-15,18-19,27H,4-10,13,16-17H2,1-3H3,(H,36,42)(H,40,41). The Balaban J connectivity index is 1.70. The molecule has 3 amide bonds. The highest BCUT2D eigenvalue weighted by Gasteiger charge is 2.53. The number of amides is 3. The fourth-order valence-electron chi connectivity index (χ4n) is 5.50. The Hall–Kier alpha value is -4.16. The third kappa shape index (κ3) is 8.41. The Morgan fingerprint density at radius 3 is 2.26 bits per heavy atom. The Morgan fingerprint density at radius 2 is 1.64 bits per heavy atom. The maximum atomic E-state index is 14.2. The van der Waals surface area contributed by atoms with Gasteiger partial charge in [0.1, 0.15) is 11.6 Å². The van der Waals surface area contributed by atoms with E-state index in [0.717, 1.165) is 38.5 Å². The summed E-state index contributed by atoms with van der Waals surface area (Å²) in [5, 5.41) is 11.9. The first-order chi connectivity index (χ1) is 22.4. The zero-order valence-electron chi connectivity index (χ0n) is 26.5. The van der Waals surface area contributed by atoms with E-state index in [1.165, 1.54) is 37.7 Å². The van der Waals surface area contributed by atoms with Gasteiger partial charge in [-0.05, 0) is 51.0 Å². The minimum atomic E-state index is -1.71. The second-order valence-corrected chi connectivity index (χ2v) is 12.7. The molecule has 0 bridgehead atoms. The molecular formula is C33H38Cl2N4O8. The molecule has 1 saturated heterocycles. The number of methoxy groups -OCH3 is 1. The van der Waals surface area contributed by atoms with Gasteiger partial charge in [-0.2, -0.15) is 0 Å². The molecule has 3 aromatic rings. The number of para-hydroxylation sites is 2. The number of nitrogens with zero attached hydrogens (tertiary/aromatic N) is 3. The van der Waals surface area contributed by atoms with Gasteiger partial charge in [-0.3, -0.25) is 23.7 Å². The smallest absolute Gasteiger partial charge is 0.418 e. The molecule has 14 heteroatoms. The molecule has 1 fully saturated rings. The number of carbonyl (C=O) groups excluding carboxylic acids is 3. The third-order valence-electron chi connectivity index (χ3n) is 7.92. The summed E-state index contributed by atoms with van der Waals surface area (Å²) in [6.07, 6.45) is 5.57. The average molecular weight is 690 g/mol. The number of aliphatic carboxylic acids is 1. The normalized spacial score (nSPS) is 14.7. The van der Waals surface area contributed by atoms with Crippen molar-refractivity contribution in [2.75, 3.05) is 12.4 Å². The number of hydrogen-bond donors (Lipinski definition) is 2. The zero-order chi connectivity index (χ0) is 34.3. The first kappa shape index (κ1) is 35.7. The van der Waals surface area contributed by atoms with Crippen LogP contribution in [0.4, 0.5) is 10.5 Å². The van der Waals surface area contributed by atoms with E-state index in [0.29, 0.717) is 23.5 Å².